The highest BCUT2D eigenvalue weighted by atomic mass is 19.1. The van der Waals surface area contributed by atoms with E-state index < -0.39 is 24.6 Å². The Morgan fingerprint density at radius 2 is 1.64 bits per heavy atom. The zero-order valence-corrected chi connectivity index (χ0v) is 27.0. The lowest BCUT2D eigenvalue weighted by Crippen LogP contribution is -2.22. The Morgan fingerprint density at radius 1 is 1.00 bits per heavy atom. The first kappa shape index (κ1) is 36.9. The van der Waals surface area contributed by atoms with Crippen molar-refractivity contribution in [3.63, 3.8) is 0 Å². The Labute approximate surface area is 266 Å². The van der Waals surface area contributed by atoms with Crippen LogP contribution in [0.25, 0.3) is 22.4 Å². The standard InChI is InChI=1S/C27H32FNO4.C9H13N.CH2O/c1-17(2)26-18(3)25(19-7-5-4-6-8-19)27(20-9-11-21(28)12-10-20)29(26)14-13-22(30)15-23(31)16-24(32)33;1-8-5-3-4-6-9(7-8)10-2;1-2/h4-12,17,22-23,30-31H,13-16H2,1-3H3,(H,32,33);3,5-7,10H,4H2,1-2H3;1H2. The van der Waals surface area contributed by atoms with Crippen LogP contribution in [-0.4, -0.2) is 51.9 Å². The quantitative estimate of drug-likeness (QED) is 0.181. The van der Waals surface area contributed by atoms with E-state index in [1.54, 1.807) is 12.1 Å². The van der Waals surface area contributed by atoms with Crippen LogP contribution in [0.3, 0.4) is 0 Å². The summed E-state index contributed by atoms with van der Waals surface area (Å²) < 4.78 is 15.9. The van der Waals surface area contributed by atoms with Gasteiger partial charge in [-0.05, 0) is 91.6 Å². The molecule has 0 radical (unpaired) electrons. The van der Waals surface area contributed by atoms with Crippen molar-refractivity contribution in [1.82, 2.24) is 9.88 Å². The highest BCUT2D eigenvalue weighted by Gasteiger charge is 2.25. The first-order valence-electron chi connectivity index (χ1n) is 15.2. The van der Waals surface area contributed by atoms with Gasteiger partial charge in [0, 0.05) is 30.5 Å². The third-order valence-corrected chi connectivity index (χ3v) is 7.45. The molecule has 2 atom stereocenters. The Hall–Kier alpha value is -4.27. The minimum atomic E-state index is -1.09. The maximum absolute atomic E-state index is 13.7. The molecule has 3 aromatic rings. The van der Waals surface area contributed by atoms with Crippen LogP contribution < -0.4 is 5.32 Å². The number of nitrogens with zero attached hydrogens (tertiary/aromatic N) is 1. The van der Waals surface area contributed by atoms with E-state index in [0.29, 0.717) is 13.0 Å². The maximum Gasteiger partial charge on any atom is 0.305 e. The summed E-state index contributed by atoms with van der Waals surface area (Å²) in [6, 6.07) is 16.5. The summed E-state index contributed by atoms with van der Waals surface area (Å²) in [5.74, 6) is -1.19. The van der Waals surface area contributed by atoms with Crippen LogP contribution in [0.2, 0.25) is 0 Å². The minimum absolute atomic E-state index is 0.000979. The maximum atomic E-state index is 13.7. The molecule has 1 heterocycles. The SMILES string of the molecule is C=O.CNC1=CCC=CC(C)=C1.Cc1c(-c2ccccc2)c(-c2ccc(F)cc2)n(CCC(O)CC(O)CC(=O)O)c1C(C)C. The molecule has 7 nitrogen and oxygen atoms in total. The summed E-state index contributed by atoms with van der Waals surface area (Å²) >= 11 is 0. The van der Waals surface area contributed by atoms with Crippen LogP contribution in [0.1, 0.15) is 63.6 Å². The van der Waals surface area contributed by atoms with Gasteiger partial charge in [0.15, 0.2) is 0 Å². The average Bonchev–Trinajstić information content (AvgIpc) is 3.13. The molecule has 0 amide bonds. The number of hydrogen-bond donors (Lipinski definition) is 4. The van der Waals surface area contributed by atoms with E-state index >= 15 is 0 Å². The molecule has 8 heteroatoms. The molecule has 2 aromatic carbocycles. The third-order valence-electron chi connectivity index (χ3n) is 7.45. The van der Waals surface area contributed by atoms with Crippen LogP contribution in [-0.2, 0) is 16.1 Å². The van der Waals surface area contributed by atoms with Crippen molar-refractivity contribution in [2.24, 2.45) is 0 Å². The number of hydrogen-bond acceptors (Lipinski definition) is 5. The van der Waals surface area contributed by atoms with Gasteiger partial charge in [0.1, 0.15) is 12.6 Å². The molecule has 0 bridgehead atoms. The van der Waals surface area contributed by atoms with E-state index in [0.717, 1.165) is 40.1 Å². The molecule has 4 N–H and O–H groups in total. The molecule has 2 unspecified atom stereocenters. The lowest BCUT2D eigenvalue weighted by Gasteiger charge is -2.20. The molecule has 1 aliphatic rings. The van der Waals surface area contributed by atoms with Gasteiger partial charge in [0.05, 0.1) is 24.3 Å². The normalized spacial score (nSPS) is 13.7. The zero-order chi connectivity index (χ0) is 33.5. The van der Waals surface area contributed by atoms with E-state index in [2.05, 4.69) is 74.0 Å². The van der Waals surface area contributed by atoms with Crippen molar-refractivity contribution in [2.45, 2.75) is 78.0 Å². The second kappa shape index (κ2) is 18.5. The van der Waals surface area contributed by atoms with Gasteiger partial charge in [0.2, 0.25) is 0 Å². The first-order valence-corrected chi connectivity index (χ1v) is 15.2. The number of halogens is 1. The number of aliphatic hydroxyl groups excluding tert-OH is 2. The van der Waals surface area contributed by atoms with Gasteiger partial charge in [0.25, 0.3) is 0 Å². The summed E-state index contributed by atoms with van der Waals surface area (Å²) in [5.41, 5.74) is 8.76. The van der Waals surface area contributed by atoms with Crippen LogP contribution in [0, 0.1) is 12.7 Å². The number of nitrogens with one attached hydrogen (secondary N) is 1. The molecule has 4 rings (SSSR count). The third kappa shape index (κ3) is 11.0. The van der Waals surface area contributed by atoms with Crippen molar-refractivity contribution in [1.29, 1.82) is 0 Å². The monoisotopic (exact) mass is 618 g/mol. The summed E-state index contributed by atoms with van der Waals surface area (Å²) in [6.07, 6.45) is 7.68. The summed E-state index contributed by atoms with van der Waals surface area (Å²) in [7, 11) is 1.95. The van der Waals surface area contributed by atoms with Gasteiger partial charge >= 0.3 is 5.97 Å². The molecule has 0 fully saturated rings. The predicted molar refractivity (Wildman–Crippen MR) is 179 cm³/mol. The molecule has 0 spiro atoms. The number of carboxylic acids is 1. The van der Waals surface area contributed by atoms with Crippen LogP contribution in [0.4, 0.5) is 4.39 Å². The molecule has 1 aromatic heterocycles. The summed E-state index contributed by atoms with van der Waals surface area (Å²) in [5, 5.41) is 32.4. The van der Waals surface area contributed by atoms with Gasteiger partial charge < -0.3 is 30.0 Å². The number of aliphatic hydroxyl groups is 2. The van der Waals surface area contributed by atoms with E-state index in [9.17, 15) is 19.4 Å². The van der Waals surface area contributed by atoms with Crippen LogP contribution in [0.5, 0.6) is 0 Å². The van der Waals surface area contributed by atoms with Gasteiger partial charge in [-0.15, -0.1) is 0 Å². The largest absolute Gasteiger partial charge is 0.481 e. The molecule has 45 heavy (non-hydrogen) atoms. The number of aliphatic carboxylic acids is 1. The Balaban J connectivity index is 0.000000495. The van der Waals surface area contributed by atoms with Crippen molar-refractivity contribution in [3.05, 3.63) is 107 Å². The molecule has 0 aliphatic heterocycles. The van der Waals surface area contributed by atoms with Crippen molar-refractivity contribution >= 4 is 12.8 Å². The lowest BCUT2D eigenvalue weighted by molar-refractivity contribution is -0.139. The van der Waals surface area contributed by atoms with Gasteiger partial charge in [-0.3, -0.25) is 4.79 Å². The highest BCUT2D eigenvalue weighted by molar-refractivity contribution is 5.85. The number of likely N-dealkylation sites (N-methyl/N-ethyl adjacent to an activating group) is 1. The van der Waals surface area contributed by atoms with Gasteiger partial charge in [-0.1, -0.05) is 62.4 Å². The van der Waals surface area contributed by atoms with Crippen molar-refractivity contribution in [3.8, 4) is 22.4 Å². The Bertz CT molecular complexity index is 1460. The molecular weight excluding hydrogens is 571 g/mol. The van der Waals surface area contributed by atoms with Gasteiger partial charge in [-0.2, -0.15) is 0 Å². The second-order valence-corrected chi connectivity index (χ2v) is 11.3. The van der Waals surface area contributed by atoms with E-state index in [4.69, 9.17) is 9.90 Å². The topological polar surface area (TPSA) is 112 Å². The number of carboxylic acid groups (broad SMARTS) is 1. The number of carbonyl (C=O) groups excluding carboxylic acids is 1. The number of benzene rings is 2. The summed E-state index contributed by atoms with van der Waals surface area (Å²) in [4.78, 5) is 18.8. The van der Waals surface area contributed by atoms with E-state index in [1.165, 1.54) is 23.4 Å². The fourth-order valence-electron chi connectivity index (χ4n) is 5.58. The van der Waals surface area contributed by atoms with E-state index in [-0.39, 0.29) is 18.2 Å². The molecule has 1 aliphatic carbocycles. The van der Waals surface area contributed by atoms with Crippen molar-refractivity contribution in [2.75, 3.05) is 7.05 Å². The average molecular weight is 619 g/mol. The Morgan fingerprint density at radius 3 is 2.22 bits per heavy atom. The molecular formula is C37H47FN2O5. The number of carbonyl (C=O) groups is 2. The molecule has 242 valence electrons. The Kier molecular flexibility index (Phi) is 15.2. The smallest absolute Gasteiger partial charge is 0.305 e. The fraction of sp³-hybridized carbons (Fsp3) is 0.351. The zero-order valence-electron chi connectivity index (χ0n) is 27.0. The van der Waals surface area contributed by atoms with Gasteiger partial charge in [-0.25, -0.2) is 4.39 Å². The summed E-state index contributed by atoms with van der Waals surface area (Å²) in [6.45, 7) is 10.9. The van der Waals surface area contributed by atoms with Crippen LogP contribution >= 0.6 is 0 Å². The van der Waals surface area contributed by atoms with Crippen molar-refractivity contribution < 1.29 is 29.3 Å². The number of allylic oxidation sites excluding steroid dienone is 5. The van der Waals surface area contributed by atoms with E-state index in [1.807, 2.05) is 32.0 Å². The second-order valence-electron chi connectivity index (χ2n) is 11.3. The number of rotatable bonds is 11. The number of aromatic nitrogens is 1. The fourth-order valence-corrected chi connectivity index (χ4v) is 5.58. The predicted octanol–water partition coefficient (Wildman–Crippen LogP) is 7.18. The van der Waals surface area contributed by atoms with Crippen LogP contribution in [0.15, 0.2) is 90.2 Å². The molecule has 0 saturated heterocycles. The molecule has 0 saturated carbocycles. The minimum Gasteiger partial charge on any atom is -0.481 e. The first-order chi connectivity index (χ1) is 21.5. The highest BCUT2D eigenvalue weighted by Crippen LogP contribution is 2.41. The lowest BCUT2D eigenvalue weighted by atomic mass is 9.96.